The van der Waals surface area contributed by atoms with E-state index in [-0.39, 0.29) is 24.8 Å². The van der Waals surface area contributed by atoms with E-state index in [0.29, 0.717) is 0 Å². The molecule has 2 aromatic rings. The van der Waals surface area contributed by atoms with Crippen LogP contribution in [0, 0.1) is 0 Å². The Bertz CT molecular complexity index is 528. The highest BCUT2D eigenvalue weighted by atomic mass is 35.5. The molecule has 0 saturated heterocycles. The summed E-state index contributed by atoms with van der Waals surface area (Å²) in [5.74, 6) is 0.988. The van der Waals surface area contributed by atoms with Crippen LogP contribution in [-0.4, -0.2) is 27.9 Å². The summed E-state index contributed by atoms with van der Waals surface area (Å²) in [6, 6.07) is 8.36. The van der Waals surface area contributed by atoms with Crippen LogP contribution in [0.3, 0.4) is 0 Å². The van der Waals surface area contributed by atoms with Crippen LogP contribution in [0.1, 0.15) is 5.82 Å². The zero-order chi connectivity index (χ0) is 11.7. The van der Waals surface area contributed by atoms with Crippen LogP contribution >= 0.6 is 24.8 Å². The smallest absolute Gasteiger partial charge is 0.146 e. The lowest BCUT2D eigenvalue weighted by Crippen LogP contribution is -2.34. The Kier molecular flexibility index (Phi) is 5.44. The lowest BCUT2D eigenvalue weighted by molar-refractivity contribution is 0.666. The first-order valence-corrected chi connectivity index (χ1v) is 5.75. The number of fused-ring (bicyclic) bond motifs is 1. The second kappa shape index (κ2) is 6.63. The highest BCUT2D eigenvalue weighted by molar-refractivity contribution is 5.85. The summed E-state index contributed by atoms with van der Waals surface area (Å²) in [4.78, 5) is 6.60. The summed E-state index contributed by atoms with van der Waals surface area (Å²) in [6.45, 7) is 2.76. The average molecular weight is 302 g/mol. The molecule has 1 aromatic carbocycles. The van der Waals surface area contributed by atoms with E-state index in [1.807, 2.05) is 11.7 Å². The van der Waals surface area contributed by atoms with Crippen molar-refractivity contribution in [2.24, 2.45) is 7.05 Å². The molecule has 0 spiro atoms. The Morgan fingerprint density at radius 1 is 1.26 bits per heavy atom. The molecule has 5 nitrogen and oxygen atoms in total. The molecule has 0 bridgehead atoms. The van der Waals surface area contributed by atoms with Gasteiger partial charge in [-0.2, -0.15) is 5.10 Å². The topological polar surface area (TPSA) is 46.0 Å². The SMILES string of the molecule is Cl.Cl.Cn1ncnc1CN1CCNc2ccccc21. The number of nitrogens with zero attached hydrogens (tertiary/aromatic N) is 4. The van der Waals surface area contributed by atoms with Crippen LogP contribution in [0.15, 0.2) is 30.6 Å². The first-order chi connectivity index (χ1) is 8.34. The molecule has 0 amide bonds. The van der Waals surface area contributed by atoms with E-state index in [1.165, 1.54) is 11.4 Å². The summed E-state index contributed by atoms with van der Waals surface area (Å²) in [6.07, 6.45) is 1.60. The third-order valence-corrected chi connectivity index (χ3v) is 3.08. The number of rotatable bonds is 2. The summed E-state index contributed by atoms with van der Waals surface area (Å²) >= 11 is 0. The zero-order valence-electron chi connectivity index (χ0n) is 10.6. The average Bonchev–Trinajstić information content (AvgIpc) is 2.76. The van der Waals surface area contributed by atoms with E-state index in [1.54, 1.807) is 6.33 Å². The highest BCUT2D eigenvalue weighted by Gasteiger charge is 2.17. The normalized spacial score (nSPS) is 12.8. The minimum Gasteiger partial charge on any atom is -0.382 e. The van der Waals surface area contributed by atoms with Gasteiger partial charge in [-0.3, -0.25) is 4.68 Å². The number of benzene rings is 1. The first-order valence-electron chi connectivity index (χ1n) is 5.75. The lowest BCUT2D eigenvalue weighted by Gasteiger charge is -2.31. The number of halogens is 2. The molecule has 1 aliphatic rings. The van der Waals surface area contributed by atoms with E-state index in [2.05, 4.69) is 44.6 Å². The summed E-state index contributed by atoms with van der Waals surface area (Å²) in [5, 5.41) is 7.50. The maximum Gasteiger partial charge on any atom is 0.146 e. The fourth-order valence-corrected chi connectivity index (χ4v) is 2.14. The monoisotopic (exact) mass is 301 g/mol. The van der Waals surface area contributed by atoms with Gasteiger partial charge in [0.05, 0.1) is 17.9 Å². The molecule has 104 valence electrons. The maximum absolute atomic E-state index is 4.27. The molecule has 0 saturated carbocycles. The number of para-hydroxylation sites is 2. The minimum absolute atomic E-state index is 0. The fourth-order valence-electron chi connectivity index (χ4n) is 2.14. The second-order valence-corrected chi connectivity index (χ2v) is 4.17. The van der Waals surface area contributed by atoms with Gasteiger partial charge in [-0.05, 0) is 12.1 Å². The van der Waals surface area contributed by atoms with Crippen molar-refractivity contribution in [2.45, 2.75) is 6.54 Å². The van der Waals surface area contributed by atoms with E-state index in [4.69, 9.17) is 0 Å². The number of aromatic nitrogens is 3. The van der Waals surface area contributed by atoms with Crippen LogP contribution in [0.25, 0.3) is 0 Å². The standard InChI is InChI=1S/C12H15N5.2ClH/c1-16-12(14-9-15-16)8-17-7-6-13-10-4-2-3-5-11(10)17;;/h2-5,9,13H,6-8H2,1H3;2*1H. The van der Waals surface area contributed by atoms with Gasteiger partial charge in [-0.15, -0.1) is 24.8 Å². The number of anilines is 2. The van der Waals surface area contributed by atoms with E-state index < -0.39 is 0 Å². The molecule has 1 N–H and O–H groups in total. The van der Waals surface area contributed by atoms with Crippen LogP contribution in [0.4, 0.5) is 11.4 Å². The number of aryl methyl sites for hydroxylation is 1. The predicted molar refractivity (Wildman–Crippen MR) is 81.5 cm³/mol. The number of nitrogens with one attached hydrogen (secondary N) is 1. The number of hydrogen-bond donors (Lipinski definition) is 1. The van der Waals surface area contributed by atoms with Crippen molar-refractivity contribution in [3.8, 4) is 0 Å². The molecular weight excluding hydrogens is 285 g/mol. The molecule has 2 heterocycles. The van der Waals surface area contributed by atoms with Crippen LogP contribution in [-0.2, 0) is 13.6 Å². The Morgan fingerprint density at radius 3 is 2.79 bits per heavy atom. The van der Waals surface area contributed by atoms with Gasteiger partial charge >= 0.3 is 0 Å². The van der Waals surface area contributed by atoms with Crippen molar-refractivity contribution in [3.05, 3.63) is 36.4 Å². The minimum atomic E-state index is 0. The maximum atomic E-state index is 4.27. The van der Waals surface area contributed by atoms with Gasteiger partial charge in [0.1, 0.15) is 12.2 Å². The molecule has 1 aliphatic heterocycles. The molecule has 0 fully saturated rings. The summed E-state index contributed by atoms with van der Waals surface area (Å²) in [7, 11) is 1.93. The lowest BCUT2D eigenvalue weighted by atomic mass is 10.2. The Labute approximate surface area is 124 Å². The largest absolute Gasteiger partial charge is 0.382 e. The zero-order valence-corrected chi connectivity index (χ0v) is 12.2. The molecule has 1 aromatic heterocycles. The molecule has 0 radical (unpaired) electrons. The Balaban J connectivity index is 0.000000902. The van der Waals surface area contributed by atoms with Gasteiger partial charge < -0.3 is 10.2 Å². The van der Waals surface area contributed by atoms with Gasteiger partial charge in [0, 0.05) is 20.1 Å². The molecular formula is C12H17Cl2N5. The van der Waals surface area contributed by atoms with E-state index in [0.717, 1.165) is 25.5 Å². The van der Waals surface area contributed by atoms with Gasteiger partial charge in [0.25, 0.3) is 0 Å². The van der Waals surface area contributed by atoms with Crippen LogP contribution < -0.4 is 10.2 Å². The Morgan fingerprint density at radius 2 is 2.05 bits per heavy atom. The molecule has 0 unspecified atom stereocenters. The van der Waals surface area contributed by atoms with Crippen molar-refractivity contribution >= 4 is 36.2 Å². The molecule has 0 atom stereocenters. The predicted octanol–water partition coefficient (Wildman–Crippen LogP) is 2.09. The summed E-state index contributed by atoms with van der Waals surface area (Å²) in [5.41, 5.74) is 2.43. The van der Waals surface area contributed by atoms with E-state index >= 15 is 0 Å². The van der Waals surface area contributed by atoms with E-state index in [9.17, 15) is 0 Å². The van der Waals surface area contributed by atoms with Crippen molar-refractivity contribution in [1.29, 1.82) is 0 Å². The fraction of sp³-hybridized carbons (Fsp3) is 0.333. The second-order valence-electron chi connectivity index (χ2n) is 4.17. The molecule has 7 heteroatoms. The van der Waals surface area contributed by atoms with Crippen LogP contribution in [0.5, 0.6) is 0 Å². The van der Waals surface area contributed by atoms with Crippen molar-refractivity contribution in [1.82, 2.24) is 14.8 Å². The van der Waals surface area contributed by atoms with Crippen molar-refractivity contribution in [3.63, 3.8) is 0 Å². The quantitative estimate of drug-likeness (QED) is 0.923. The van der Waals surface area contributed by atoms with Crippen molar-refractivity contribution < 1.29 is 0 Å². The van der Waals surface area contributed by atoms with Crippen molar-refractivity contribution in [2.75, 3.05) is 23.3 Å². The first kappa shape index (κ1) is 15.6. The van der Waals surface area contributed by atoms with Gasteiger partial charge in [0.15, 0.2) is 0 Å². The van der Waals surface area contributed by atoms with Crippen LogP contribution in [0.2, 0.25) is 0 Å². The third kappa shape index (κ3) is 3.11. The van der Waals surface area contributed by atoms with Gasteiger partial charge in [-0.1, -0.05) is 12.1 Å². The molecule has 3 rings (SSSR count). The summed E-state index contributed by atoms with van der Waals surface area (Å²) < 4.78 is 1.82. The molecule has 0 aliphatic carbocycles. The molecule has 19 heavy (non-hydrogen) atoms. The highest BCUT2D eigenvalue weighted by Crippen LogP contribution is 2.29. The van der Waals surface area contributed by atoms with Gasteiger partial charge in [0.2, 0.25) is 0 Å². The third-order valence-electron chi connectivity index (χ3n) is 3.08. The number of hydrogen-bond acceptors (Lipinski definition) is 4. The Hall–Kier alpha value is -1.46. The van der Waals surface area contributed by atoms with Gasteiger partial charge in [-0.25, -0.2) is 4.98 Å².